The molecule has 0 aliphatic carbocycles. The van der Waals surface area contributed by atoms with Gasteiger partial charge in [-0.2, -0.15) is 0 Å². The Kier molecular flexibility index (Phi) is 5.21. The Hall–Kier alpha value is -1.71. The Morgan fingerprint density at radius 1 is 1.00 bits per heavy atom. The molecule has 100 valence electrons. The Bertz CT molecular complexity index is 627. The minimum absolute atomic E-state index is 0.131. The molecule has 0 saturated carbocycles. The predicted octanol–water partition coefficient (Wildman–Crippen LogP) is 2.50. The minimum atomic E-state index is -3.22. The number of hydrogen-bond acceptors (Lipinski definition) is 2. The second-order valence-corrected chi connectivity index (χ2v) is 7.32. The third-order valence-corrected chi connectivity index (χ3v) is 3.22. The fraction of sp³-hybridized carbons (Fsp3) is 0.375. The number of hydrogen-bond donors (Lipinski definition) is 0. The van der Waals surface area contributed by atoms with Gasteiger partial charge in [0.1, 0.15) is 11.5 Å². The van der Waals surface area contributed by atoms with Crippen molar-refractivity contribution >= 4 is 9.84 Å². The molecule has 0 saturated heterocycles. The van der Waals surface area contributed by atoms with Crippen molar-refractivity contribution in [2.75, 3.05) is 11.5 Å². The summed E-state index contributed by atoms with van der Waals surface area (Å²) in [7, 11) is -3.22. The molecule has 0 atom stereocenters. The van der Waals surface area contributed by atoms with Gasteiger partial charge in [-0.3, -0.25) is 0 Å². The number of rotatable bonds is 2. The van der Waals surface area contributed by atoms with Crippen LogP contribution < -0.4 is 0 Å². The third-order valence-electron chi connectivity index (χ3n) is 2.05. The molecule has 0 aliphatic heterocycles. The lowest BCUT2D eigenvalue weighted by molar-refractivity contribution is 0.570. The highest BCUT2D eigenvalue weighted by atomic mass is 32.2. The number of sulfone groups is 1. The maximum absolute atomic E-state index is 11.7. The van der Waals surface area contributed by atoms with Crippen LogP contribution in [0.2, 0.25) is 0 Å². The van der Waals surface area contributed by atoms with E-state index in [0.29, 0.717) is 0 Å². The molecule has 0 spiro atoms. The first-order valence-corrected chi connectivity index (χ1v) is 7.85. The zero-order valence-corrected chi connectivity index (χ0v) is 12.3. The van der Waals surface area contributed by atoms with Gasteiger partial charge in [0.2, 0.25) is 0 Å². The largest absolute Gasteiger partial charge is 0.227 e. The van der Waals surface area contributed by atoms with Crippen LogP contribution in [0.5, 0.6) is 0 Å². The normalized spacial score (nSPS) is 10.9. The Balaban J connectivity index is 2.62. The van der Waals surface area contributed by atoms with Crippen LogP contribution in [0.25, 0.3) is 0 Å². The van der Waals surface area contributed by atoms with Crippen molar-refractivity contribution in [1.82, 2.24) is 0 Å². The molecule has 0 radical (unpaired) electrons. The maximum Gasteiger partial charge on any atom is 0.172 e. The van der Waals surface area contributed by atoms with E-state index in [1.807, 2.05) is 51.1 Å². The van der Waals surface area contributed by atoms with Crippen LogP contribution in [0.15, 0.2) is 30.3 Å². The zero-order valence-electron chi connectivity index (χ0n) is 11.5. The van der Waals surface area contributed by atoms with E-state index in [9.17, 15) is 8.42 Å². The summed E-state index contributed by atoms with van der Waals surface area (Å²) < 4.78 is 23.4. The van der Waals surface area contributed by atoms with Crippen molar-refractivity contribution in [2.24, 2.45) is 5.41 Å². The van der Waals surface area contributed by atoms with E-state index in [-0.39, 0.29) is 16.9 Å². The molecular weight excluding hydrogens is 256 g/mol. The molecule has 0 aliphatic rings. The molecule has 19 heavy (non-hydrogen) atoms. The predicted molar refractivity (Wildman–Crippen MR) is 79.2 cm³/mol. The van der Waals surface area contributed by atoms with E-state index in [2.05, 4.69) is 23.7 Å². The van der Waals surface area contributed by atoms with Gasteiger partial charge in [-0.1, -0.05) is 41.9 Å². The average Bonchev–Trinajstić information content (AvgIpc) is 2.28. The molecule has 3 heteroatoms. The molecule has 0 N–H and O–H groups in total. The summed E-state index contributed by atoms with van der Waals surface area (Å²) in [6.07, 6.45) is 0. The van der Waals surface area contributed by atoms with Gasteiger partial charge >= 0.3 is 0 Å². The molecular formula is C16H18O2S. The lowest BCUT2D eigenvalue weighted by Crippen LogP contribution is -2.09. The summed E-state index contributed by atoms with van der Waals surface area (Å²) in [4.78, 5) is 0. The summed E-state index contributed by atoms with van der Waals surface area (Å²) in [5.74, 6) is 10.8. The smallest absolute Gasteiger partial charge is 0.172 e. The van der Waals surface area contributed by atoms with Crippen molar-refractivity contribution in [3.63, 3.8) is 0 Å². The molecule has 0 bridgehead atoms. The summed E-state index contributed by atoms with van der Waals surface area (Å²) >= 11 is 0. The first-order chi connectivity index (χ1) is 8.79. The maximum atomic E-state index is 11.7. The van der Waals surface area contributed by atoms with Crippen molar-refractivity contribution < 1.29 is 8.42 Å². The SMILES string of the molecule is CC(C)(C)C#CCS(=O)(=O)CC#Cc1ccccc1. The fourth-order valence-corrected chi connectivity index (χ4v) is 1.92. The first kappa shape index (κ1) is 15.3. The highest BCUT2D eigenvalue weighted by Gasteiger charge is 2.08. The Morgan fingerprint density at radius 3 is 2.16 bits per heavy atom. The standard InChI is InChI=1S/C16H18O2S/c1-16(2,3)12-8-14-19(17,18)13-7-11-15-9-5-4-6-10-15/h4-6,9-10H,13-14H2,1-3H3. The summed E-state index contributed by atoms with van der Waals surface area (Å²) in [6, 6.07) is 9.32. The molecule has 1 aromatic carbocycles. The Labute approximate surface area is 116 Å². The lowest BCUT2D eigenvalue weighted by Gasteiger charge is -2.06. The van der Waals surface area contributed by atoms with E-state index in [1.165, 1.54) is 0 Å². The second-order valence-electron chi connectivity index (χ2n) is 5.25. The van der Waals surface area contributed by atoms with Crippen LogP contribution in [-0.2, 0) is 9.84 Å². The van der Waals surface area contributed by atoms with Gasteiger partial charge in [0.15, 0.2) is 9.84 Å². The Morgan fingerprint density at radius 2 is 1.58 bits per heavy atom. The van der Waals surface area contributed by atoms with E-state index in [0.717, 1.165) is 5.56 Å². The monoisotopic (exact) mass is 274 g/mol. The van der Waals surface area contributed by atoms with E-state index in [4.69, 9.17) is 0 Å². The molecule has 2 nitrogen and oxygen atoms in total. The van der Waals surface area contributed by atoms with Gasteiger partial charge in [0, 0.05) is 11.0 Å². The van der Waals surface area contributed by atoms with Crippen LogP contribution in [0.3, 0.4) is 0 Å². The van der Waals surface area contributed by atoms with Gasteiger partial charge in [-0.15, -0.1) is 0 Å². The molecule has 1 rings (SSSR count). The summed E-state index contributed by atoms with van der Waals surface area (Å²) in [6.45, 7) is 5.84. The molecule has 1 aromatic rings. The molecule has 0 fully saturated rings. The second kappa shape index (κ2) is 6.45. The van der Waals surface area contributed by atoms with E-state index in [1.54, 1.807) is 0 Å². The van der Waals surface area contributed by atoms with Crippen LogP contribution >= 0.6 is 0 Å². The van der Waals surface area contributed by atoms with E-state index >= 15 is 0 Å². The van der Waals surface area contributed by atoms with Crippen molar-refractivity contribution in [3.8, 4) is 23.7 Å². The van der Waals surface area contributed by atoms with Crippen LogP contribution in [0.4, 0.5) is 0 Å². The van der Waals surface area contributed by atoms with E-state index < -0.39 is 9.84 Å². The molecule has 0 unspecified atom stereocenters. The van der Waals surface area contributed by atoms with Crippen LogP contribution in [0.1, 0.15) is 26.3 Å². The van der Waals surface area contributed by atoms with Crippen molar-refractivity contribution in [2.45, 2.75) is 20.8 Å². The minimum Gasteiger partial charge on any atom is -0.227 e. The summed E-state index contributed by atoms with van der Waals surface area (Å²) in [5.41, 5.74) is 0.643. The molecule has 0 aromatic heterocycles. The zero-order chi connectivity index (χ0) is 14.4. The van der Waals surface area contributed by atoms with Crippen LogP contribution in [0, 0.1) is 29.1 Å². The van der Waals surface area contributed by atoms with Crippen molar-refractivity contribution in [1.29, 1.82) is 0 Å². The fourth-order valence-electron chi connectivity index (χ4n) is 1.23. The van der Waals surface area contributed by atoms with Crippen molar-refractivity contribution in [3.05, 3.63) is 35.9 Å². The lowest BCUT2D eigenvalue weighted by atomic mass is 9.98. The van der Waals surface area contributed by atoms with Gasteiger partial charge in [0.05, 0.1) is 0 Å². The third kappa shape index (κ3) is 7.34. The average molecular weight is 274 g/mol. The highest BCUT2D eigenvalue weighted by molar-refractivity contribution is 7.91. The van der Waals surface area contributed by atoms with Crippen LogP contribution in [-0.4, -0.2) is 19.9 Å². The molecule has 0 heterocycles. The van der Waals surface area contributed by atoms with Gasteiger partial charge in [0.25, 0.3) is 0 Å². The first-order valence-electron chi connectivity index (χ1n) is 6.03. The number of benzene rings is 1. The van der Waals surface area contributed by atoms with Gasteiger partial charge in [-0.05, 0) is 32.9 Å². The highest BCUT2D eigenvalue weighted by Crippen LogP contribution is 2.09. The van der Waals surface area contributed by atoms with Gasteiger partial charge in [-0.25, -0.2) is 8.42 Å². The summed E-state index contributed by atoms with van der Waals surface area (Å²) in [5, 5.41) is 0. The molecule has 0 amide bonds. The quantitative estimate of drug-likeness (QED) is 0.777. The van der Waals surface area contributed by atoms with Gasteiger partial charge < -0.3 is 0 Å². The topological polar surface area (TPSA) is 34.1 Å².